The molecule has 4 aromatic heterocycles. The van der Waals surface area contributed by atoms with Gasteiger partial charge in [0.25, 0.3) is 0 Å². The summed E-state index contributed by atoms with van der Waals surface area (Å²) in [4.78, 5) is 28.0. The van der Waals surface area contributed by atoms with Gasteiger partial charge in [0.2, 0.25) is 11.8 Å². The molecule has 2 fully saturated rings. The standard InChI is InChI=1S/C31H35BrN11O3P/c1-41-16-19(14-36-41)21-13-25(30(45-2)40-29(21)43-11-9-42(10-12-43)20-17-46-18-20)38-31-35-15-22(32)28(39-31)37-24-6-5-23-26(34-8-7-33-23)27(24)47(3,4)44/h5-8,13-16,20H,9-12,17-18H2,1-4H3,(H2,35,37,38,39). The minimum Gasteiger partial charge on any atom is -0.479 e. The number of nitrogens with zero attached hydrogens (tertiary/aromatic N) is 9. The topological polar surface area (TPSA) is 148 Å². The van der Waals surface area contributed by atoms with E-state index in [0.29, 0.717) is 55.9 Å². The van der Waals surface area contributed by atoms with Crippen LogP contribution in [0.4, 0.5) is 29.0 Å². The van der Waals surface area contributed by atoms with Gasteiger partial charge in [-0.1, -0.05) is 0 Å². The molecule has 5 aromatic rings. The van der Waals surface area contributed by atoms with Crippen LogP contribution in [0.15, 0.2) is 53.7 Å². The Balaban J connectivity index is 1.21. The molecule has 2 aliphatic rings. The number of anilines is 5. The maximum atomic E-state index is 13.5. The van der Waals surface area contributed by atoms with Crippen LogP contribution in [0.3, 0.4) is 0 Å². The number of hydrogen-bond acceptors (Lipinski definition) is 13. The van der Waals surface area contributed by atoms with Crippen LogP contribution < -0.4 is 25.6 Å². The smallest absolute Gasteiger partial charge is 0.239 e. The fourth-order valence-electron chi connectivity index (χ4n) is 5.91. The Labute approximate surface area is 280 Å². The second-order valence-electron chi connectivity index (χ2n) is 11.9. The van der Waals surface area contributed by atoms with E-state index in [4.69, 9.17) is 19.4 Å². The zero-order chi connectivity index (χ0) is 32.7. The summed E-state index contributed by atoms with van der Waals surface area (Å²) in [5, 5.41) is 11.7. The van der Waals surface area contributed by atoms with Crippen molar-refractivity contribution in [1.82, 2.24) is 39.6 Å². The molecule has 0 aliphatic carbocycles. The molecular formula is C31H35BrN11O3P. The fourth-order valence-corrected chi connectivity index (χ4v) is 7.59. The summed E-state index contributed by atoms with van der Waals surface area (Å²) in [5.41, 5.74) is 4.34. The second kappa shape index (κ2) is 12.8. The largest absolute Gasteiger partial charge is 0.479 e. The van der Waals surface area contributed by atoms with Crippen molar-refractivity contribution in [2.45, 2.75) is 6.04 Å². The predicted molar refractivity (Wildman–Crippen MR) is 186 cm³/mol. The number of halogens is 1. The van der Waals surface area contributed by atoms with E-state index < -0.39 is 7.14 Å². The first-order chi connectivity index (χ1) is 22.7. The van der Waals surface area contributed by atoms with E-state index in [1.165, 1.54) is 0 Å². The van der Waals surface area contributed by atoms with Crippen molar-refractivity contribution in [1.29, 1.82) is 0 Å². The lowest BCUT2D eigenvalue weighted by molar-refractivity contribution is -0.0660. The van der Waals surface area contributed by atoms with Crippen LogP contribution in [-0.2, 0) is 16.3 Å². The molecule has 1 aromatic carbocycles. The van der Waals surface area contributed by atoms with E-state index >= 15 is 0 Å². The number of hydrogen-bond donors (Lipinski definition) is 2. The van der Waals surface area contributed by atoms with Gasteiger partial charge in [-0.15, -0.1) is 0 Å². The first-order valence-corrected chi connectivity index (χ1v) is 18.6. The van der Waals surface area contributed by atoms with Crippen molar-refractivity contribution >= 4 is 68.4 Å². The van der Waals surface area contributed by atoms with Gasteiger partial charge in [-0.05, 0) is 47.5 Å². The molecule has 0 amide bonds. The van der Waals surface area contributed by atoms with Crippen molar-refractivity contribution in [3.63, 3.8) is 0 Å². The second-order valence-corrected chi connectivity index (χ2v) is 15.9. The summed E-state index contributed by atoms with van der Waals surface area (Å²) in [5.74, 6) is 2.04. The number of benzene rings is 1. The predicted octanol–water partition coefficient (Wildman–Crippen LogP) is 4.24. The minimum absolute atomic E-state index is 0.315. The first-order valence-electron chi connectivity index (χ1n) is 15.2. The van der Waals surface area contributed by atoms with Crippen molar-refractivity contribution in [2.24, 2.45) is 7.05 Å². The molecule has 0 bridgehead atoms. The molecule has 0 radical (unpaired) electrons. The summed E-state index contributed by atoms with van der Waals surface area (Å²) in [6.45, 7) is 8.59. The van der Waals surface area contributed by atoms with Gasteiger partial charge >= 0.3 is 0 Å². The molecule has 2 N–H and O–H groups in total. The summed E-state index contributed by atoms with van der Waals surface area (Å²) >= 11 is 3.57. The quantitative estimate of drug-likeness (QED) is 0.210. The Kier molecular flexibility index (Phi) is 8.56. The minimum atomic E-state index is -2.77. The summed E-state index contributed by atoms with van der Waals surface area (Å²) in [7, 11) is 0.724. The highest BCUT2D eigenvalue weighted by molar-refractivity contribution is 9.10. The molecule has 6 heterocycles. The van der Waals surface area contributed by atoms with Crippen LogP contribution in [0.25, 0.3) is 22.2 Å². The average Bonchev–Trinajstić information content (AvgIpc) is 3.47. The third-order valence-corrected chi connectivity index (χ3v) is 10.4. The lowest BCUT2D eigenvalue weighted by atomic mass is 10.1. The van der Waals surface area contributed by atoms with Crippen LogP contribution >= 0.6 is 23.1 Å². The van der Waals surface area contributed by atoms with Gasteiger partial charge < -0.3 is 29.6 Å². The molecule has 0 saturated carbocycles. The molecule has 7 rings (SSSR count). The number of piperazine rings is 1. The van der Waals surface area contributed by atoms with E-state index in [-0.39, 0.29) is 0 Å². The van der Waals surface area contributed by atoms with E-state index in [9.17, 15) is 4.57 Å². The highest BCUT2D eigenvalue weighted by Gasteiger charge is 2.31. The Hall–Kier alpha value is -4.17. The molecule has 0 unspecified atom stereocenters. The zero-order valence-electron chi connectivity index (χ0n) is 26.5. The molecule has 0 atom stereocenters. The van der Waals surface area contributed by atoms with Crippen LogP contribution in [0.5, 0.6) is 5.88 Å². The van der Waals surface area contributed by atoms with Gasteiger partial charge in [-0.2, -0.15) is 15.1 Å². The van der Waals surface area contributed by atoms with Crippen LogP contribution in [-0.4, -0.2) is 105 Å². The average molecular weight is 721 g/mol. The number of fused-ring (bicyclic) bond motifs is 1. The molecule has 14 nitrogen and oxygen atoms in total. The molecule has 16 heteroatoms. The summed E-state index contributed by atoms with van der Waals surface area (Å²) in [6, 6.07) is 6.20. The van der Waals surface area contributed by atoms with E-state index in [1.807, 2.05) is 37.6 Å². The van der Waals surface area contributed by atoms with Gasteiger partial charge in [0.05, 0.1) is 53.5 Å². The molecule has 2 aliphatic heterocycles. The Morgan fingerprint density at radius 2 is 1.79 bits per heavy atom. The third kappa shape index (κ3) is 6.40. The maximum absolute atomic E-state index is 13.5. The number of rotatable bonds is 9. The zero-order valence-corrected chi connectivity index (χ0v) is 29.0. The van der Waals surface area contributed by atoms with Crippen molar-refractivity contribution in [2.75, 3.05) is 75.4 Å². The SMILES string of the molecule is COc1nc(N2CCN(C3COC3)CC2)c(-c2cnn(C)c2)cc1Nc1ncc(Br)c(Nc2ccc3nccnc3c2P(C)(C)=O)n1. The number of nitrogens with one attached hydrogen (secondary N) is 2. The van der Waals surface area contributed by atoms with Gasteiger partial charge in [0.1, 0.15) is 30.0 Å². The maximum Gasteiger partial charge on any atom is 0.239 e. The number of aromatic nitrogens is 7. The normalized spacial score (nSPS) is 15.9. The van der Waals surface area contributed by atoms with E-state index in [2.05, 4.69) is 56.4 Å². The molecule has 2 saturated heterocycles. The van der Waals surface area contributed by atoms with Crippen LogP contribution in [0.1, 0.15) is 0 Å². The number of methoxy groups -OCH3 is 1. The Morgan fingerprint density at radius 1 is 1.00 bits per heavy atom. The van der Waals surface area contributed by atoms with E-state index in [1.54, 1.807) is 43.7 Å². The van der Waals surface area contributed by atoms with Crippen molar-refractivity contribution in [3.05, 3.63) is 53.7 Å². The third-order valence-electron chi connectivity index (χ3n) is 8.32. The number of pyridine rings is 1. The van der Waals surface area contributed by atoms with Gasteiger partial charge in [0, 0.05) is 69.1 Å². The monoisotopic (exact) mass is 719 g/mol. The van der Waals surface area contributed by atoms with E-state index in [0.717, 1.165) is 56.3 Å². The number of ether oxygens (including phenoxy) is 2. The number of aryl methyl sites for hydroxylation is 1. The molecule has 47 heavy (non-hydrogen) atoms. The lowest BCUT2D eigenvalue weighted by Crippen LogP contribution is -2.56. The van der Waals surface area contributed by atoms with Gasteiger partial charge in [-0.3, -0.25) is 19.5 Å². The van der Waals surface area contributed by atoms with Crippen LogP contribution in [0.2, 0.25) is 0 Å². The first kappa shape index (κ1) is 31.4. The molecular weight excluding hydrogens is 685 g/mol. The van der Waals surface area contributed by atoms with Gasteiger partial charge in [-0.25, -0.2) is 4.98 Å². The lowest BCUT2D eigenvalue weighted by Gasteiger charge is -2.43. The van der Waals surface area contributed by atoms with Crippen molar-refractivity contribution < 1.29 is 14.0 Å². The highest BCUT2D eigenvalue weighted by Crippen LogP contribution is 2.42. The Bertz CT molecular complexity index is 1990. The van der Waals surface area contributed by atoms with Crippen molar-refractivity contribution in [3.8, 4) is 17.0 Å². The van der Waals surface area contributed by atoms with Crippen LogP contribution in [0, 0.1) is 0 Å². The highest BCUT2D eigenvalue weighted by atomic mass is 79.9. The Morgan fingerprint density at radius 3 is 2.47 bits per heavy atom. The fraction of sp³-hybridized carbons (Fsp3) is 0.355. The van der Waals surface area contributed by atoms with Gasteiger partial charge in [0.15, 0.2) is 0 Å². The molecule has 0 spiro atoms. The summed E-state index contributed by atoms with van der Waals surface area (Å²) < 4.78 is 27.1. The summed E-state index contributed by atoms with van der Waals surface area (Å²) in [6.07, 6.45) is 8.69. The molecule has 244 valence electrons.